The Morgan fingerprint density at radius 2 is 1.94 bits per heavy atom. The number of hydrogen-bond acceptors (Lipinski definition) is 3. The van der Waals surface area contributed by atoms with E-state index in [0.717, 1.165) is 17.7 Å². The Morgan fingerprint density at radius 1 is 1.12 bits per heavy atom. The molecule has 0 bridgehead atoms. The van der Waals surface area contributed by atoms with E-state index in [1.165, 1.54) is 0 Å². The Hall–Kier alpha value is -2.03. The van der Waals surface area contributed by atoms with Crippen LogP contribution in [0.1, 0.15) is 5.56 Å². The largest absolute Gasteiger partial charge is 0.508 e. The molecule has 16 heavy (non-hydrogen) atoms. The molecule has 0 radical (unpaired) electrons. The number of rotatable bonds is 4. The van der Waals surface area contributed by atoms with E-state index in [1.54, 1.807) is 30.5 Å². The van der Waals surface area contributed by atoms with Gasteiger partial charge in [-0.1, -0.05) is 6.07 Å². The van der Waals surface area contributed by atoms with E-state index in [0.29, 0.717) is 6.61 Å². The maximum atomic E-state index is 9.10. The fourth-order valence-electron chi connectivity index (χ4n) is 1.38. The van der Waals surface area contributed by atoms with E-state index in [-0.39, 0.29) is 5.75 Å². The van der Waals surface area contributed by atoms with Crippen molar-refractivity contribution in [1.29, 1.82) is 0 Å². The van der Waals surface area contributed by atoms with Crippen molar-refractivity contribution in [3.05, 3.63) is 54.4 Å². The molecule has 0 unspecified atom stereocenters. The van der Waals surface area contributed by atoms with Crippen molar-refractivity contribution in [2.75, 3.05) is 6.61 Å². The molecule has 1 N–H and O–H groups in total. The molecule has 82 valence electrons. The number of nitrogens with zero attached hydrogens (tertiary/aromatic N) is 1. The van der Waals surface area contributed by atoms with Crippen molar-refractivity contribution < 1.29 is 9.84 Å². The zero-order valence-electron chi connectivity index (χ0n) is 8.84. The molecule has 0 amide bonds. The summed E-state index contributed by atoms with van der Waals surface area (Å²) in [6.07, 6.45) is 4.42. The molecule has 3 nitrogen and oxygen atoms in total. The molecular formula is C13H13NO2. The summed E-state index contributed by atoms with van der Waals surface area (Å²) in [4.78, 5) is 4.03. The van der Waals surface area contributed by atoms with Crippen LogP contribution in [0.15, 0.2) is 48.8 Å². The quantitative estimate of drug-likeness (QED) is 0.851. The van der Waals surface area contributed by atoms with Crippen LogP contribution in [-0.2, 0) is 6.42 Å². The van der Waals surface area contributed by atoms with Crippen LogP contribution in [0.3, 0.4) is 0 Å². The highest BCUT2D eigenvalue weighted by molar-refractivity contribution is 5.30. The lowest BCUT2D eigenvalue weighted by Gasteiger charge is -2.05. The third-order valence-corrected chi connectivity index (χ3v) is 2.22. The van der Waals surface area contributed by atoms with E-state index >= 15 is 0 Å². The molecule has 1 aromatic carbocycles. The molecule has 3 heteroatoms. The standard InChI is InChI=1S/C13H13NO2/c15-12-3-5-13(6-4-12)16-9-7-11-2-1-8-14-10-11/h1-6,8,10,15H,7,9H2. The van der Waals surface area contributed by atoms with Crippen LogP contribution in [0.5, 0.6) is 11.5 Å². The summed E-state index contributed by atoms with van der Waals surface area (Å²) in [5.74, 6) is 1.02. The van der Waals surface area contributed by atoms with Gasteiger partial charge >= 0.3 is 0 Å². The Kier molecular flexibility index (Phi) is 3.38. The molecule has 1 heterocycles. The van der Waals surface area contributed by atoms with Gasteiger partial charge in [-0.25, -0.2) is 0 Å². The summed E-state index contributed by atoms with van der Waals surface area (Å²) >= 11 is 0. The topological polar surface area (TPSA) is 42.4 Å². The SMILES string of the molecule is Oc1ccc(OCCc2cccnc2)cc1. The van der Waals surface area contributed by atoms with Crippen molar-refractivity contribution in [2.24, 2.45) is 0 Å². The summed E-state index contributed by atoms with van der Waals surface area (Å²) < 4.78 is 5.53. The van der Waals surface area contributed by atoms with Crippen LogP contribution in [0.4, 0.5) is 0 Å². The van der Waals surface area contributed by atoms with Gasteiger partial charge in [0.2, 0.25) is 0 Å². The predicted molar refractivity (Wildman–Crippen MR) is 61.5 cm³/mol. The lowest BCUT2D eigenvalue weighted by atomic mass is 10.2. The summed E-state index contributed by atoms with van der Waals surface area (Å²) in [6, 6.07) is 10.7. The van der Waals surface area contributed by atoms with Gasteiger partial charge in [-0.3, -0.25) is 4.98 Å². The Balaban J connectivity index is 1.82. The number of phenolic OH excluding ortho intramolecular Hbond substituents is 1. The highest BCUT2D eigenvalue weighted by Gasteiger charge is 1.95. The summed E-state index contributed by atoms with van der Waals surface area (Å²) in [5.41, 5.74) is 1.15. The molecule has 0 saturated carbocycles. The van der Waals surface area contributed by atoms with Gasteiger partial charge in [-0.15, -0.1) is 0 Å². The molecule has 2 aromatic rings. The summed E-state index contributed by atoms with van der Waals surface area (Å²) in [7, 11) is 0. The summed E-state index contributed by atoms with van der Waals surface area (Å²) in [5, 5.41) is 9.10. The van der Waals surface area contributed by atoms with Crippen LogP contribution >= 0.6 is 0 Å². The molecule has 1 aromatic heterocycles. The molecule has 0 atom stereocenters. The number of aromatic nitrogens is 1. The highest BCUT2D eigenvalue weighted by Crippen LogP contribution is 2.15. The van der Waals surface area contributed by atoms with Crippen molar-refractivity contribution in [2.45, 2.75) is 6.42 Å². The van der Waals surface area contributed by atoms with Crippen molar-refractivity contribution in [3.63, 3.8) is 0 Å². The second-order valence-electron chi connectivity index (χ2n) is 3.45. The van der Waals surface area contributed by atoms with Crippen LogP contribution in [0.25, 0.3) is 0 Å². The Labute approximate surface area is 94.3 Å². The smallest absolute Gasteiger partial charge is 0.119 e. The zero-order valence-corrected chi connectivity index (χ0v) is 8.84. The van der Waals surface area contributed by atoms with Gasteiger partial charge in [0.25, 0.3) is 0 Å². The second-order valence-corrected chi connectivity index (χ2v) is 3.45. The molecular weight excluding hydrogens is 202 g/mol. The Morgan fingerprint density at radius 3 is 2.62 bits per heavy atom. The number of pyridine rings is 1. The van der Waals surface area contributed by atoms with E-state index in [4.69, 9.17) is 9.84 Å². The lowest BCUT2D eigenvalue weighted by molar-refractivity contribution is 0.321. The monoisotopic (exact) mass is 215 g/mol. The van der Waals surface area contributed by atoms with Gasteiger partial charge in [0.15, 0.2) is 0 Å². The molecule has 2 rings (SSSR count). The third kappa shape index (κ3) is 2.98. The van der Waals surface area contributed by atoms with Gasteiger partial charge in [-0.2, -0.15) is 0 Å². The average Bonchev–Trinajstić information content (AvgIpc) is 2.33. The van der Waals surface area contributed by atoms with Gasteiger partial charge in [0, 0.05) is 18.8 Å². The first-order valence-electron chi connectivity index (χ1n) is 5.15. The predicted octanol–water partition coefficient (Wildman–Crippen LogP) is 2.41. The molecule has 0 aliphatic carbocycles. The first-order chi connectivity index (χ1) is 7.84. The van der Waals surface area contributed by atoms with Gasteiger partial charge in [0.1, 0.15) is 11.5 Å². The number of ether oxygens (including phenoxy) is 1. The van der Waals surface area contributed by atoms with E-state index in [9.17, 15) is 0 Å². The minimum absolute atomic E-state index is 0.250. The van der Waals surface area contributed by atoms with Gasteiger partial charge < -0.3 is 9.84 Å². The van der Waals surface area contributed by atoms with E-state index in [2.05, 4.69) is 4.98 Å². The highest BCUT2D eigenvalue weighted by atomic mass is 16.5. The minimum Gasteiger partial charge on any atom is -0.508 e. The normalized spacial score (nSPS) is 10.0. The van der Waals surface area contributed by atoms with Gasteiger partial charge in [-0.05, 0) is 35.9 Å². The minimum atomic E-state index is 0.250. The fourth-order valence-corrected chi connectivity index (χ4v) is 1.38. The fraction of sp³-hybridized carbons (Fsp3) is 0.154. The van der Waals surface area contributed by atoms with Crippen LogP contribution in [-0.4, -0.2) is 16.7 Å². The van der Waals surface area contributed by atoms with Crippen molar-refractivity contribution in [3.8, 4) is 11.5 Å². The zero-order chi connectivity index (χ0) is 11.2. The van der Waals surface area contributed by atoms with Crippen LogP contribution in [0, 0.1) is 0 Å². The summed E-state index contributed by atoms with van der Waals surface area (Å²) in [6.45, 7) is 0.608. The Bertz CT molecular complexity index is 425. The van der Waals surface area contributed by atoms with Crippen LogP contribution < -0.4 is 4.74 Å². The van der Waals surface area contributed by atoms with Crippen molar-refractivity contribution >= 4 is 0 Å². The molecule has 0 fully saturated rings. The van der Waals surface area contributed by atoms with E-state index < -0.39 is 0 Å². The first kappa shape index (κ1) is 10.5. The third-order valence-electron chi connectivity index (χ3n) is 2.22. The van der Waals surface area contributed by atoms with E-state index in [1.807, 2.05) is 18.3 Å². The number of benzene rings is 1. The molecule has 0 aliphatic rings. The number of hydrogen-bond donors (Lipinski definition) is 1. The average molecular weight is 215 g/mol. The van der Waals surface area contributed by atoms with Crippen molar-refractivity contribution in [1.82, 2.24) is 4.98 Å². The molecule has 0 saturated heterocycles. The molecule has 0 spiro atoms. The lowest BCUT2D eigenvalue weighted by Crippen LogP contribution is -2.01. The maximum Gasteiger partial charge on any atom is 0.119 e. The second kappa shape index (κ2) is 5.16. The van der Waals surface area contributed by atoms with Gasteiger partial charge in [0.05, 0.1) is 6.61 Å². The first-order valence-corrected chi connectivity index (χ1v) is 5.15. The number of phenols is 1. The number of aromatic hydroxyl groups is 1. The van der Waals surface area contributed by atoms with Crippen LogP contribution in [0.2, 0.25) is 0 Å². The maximum absolute atomic E-state index is 9.10. The molecule has 0 aliphatic heterocycles.